The Morgan fingerprint density at radius 2 is 1.71 bits per heavy atom. The number of hydrogen-bond donors (Lipinski definition) is 2. The molecule has 0 aliphatic heterocycles. The molecule has 5 rings (SSSR count). The van der Waals surface area contributed by atoms with Crippen molar-refractivity contribution in [2.45, 2.75) is 38.5 Å². The number of pyridine rings is 1. The second kappa shape index (κ2) is 6.45. The van der Waals surface area contributed by atoms with Crippen LogP contribution in [0.3, 0.4) is 0 Å². The molecule has 0 atom stereocenters. The Balaban J connectivity index is 1.40. The summed E-state index contributed by atoms with van der Waals surface area (Å²) in [5, 5.41) is 10.5. The lowest BCUT2D eigenvalue weighted by molar-refractivity contribution is -0.141. The molecule has 0 radical (unpaired) electrons. The fourth-order valence-electron chi connectivity index (χ4n) is 4.38. The highest BCUT2D eigenvalue weighted by atomic mass is 32.1. The van der Waals surface area contributed by atoms with Crippen LogP contribution in [0.5, 0.6) is 0 Å². The third-order valence-corrected chi connectivity index (χ3v) is 7.49. The molecule has 4 nitrogen and oxygen atoms in total. The van der Waals surface area contributed by atoms with Crippen molar-refractivity contribution in [2.75, 3.05) is 5.73 Å². The van der Waals surface area contributed by atoms with Gasteiger partial charge in [-0.3, -0.25) is 4.79 Å². The highest BCUT2D eigenvalue weighted by Gasteiger charge is 2.52. The van der Waals surface area contributed by atoms with E-state index in [0.717, 1.165) is 64.9 Å². The van der Waals surface area contributed by atoms with Crippen LogP contribution in [0.4, 0.5) is 5.69 Å². The Labute approximate surface area is 167 Å². The molecule has 1 fully saturated rings. The van der Waals surface area contributed by atoms with Gasteiger partial charge in [-0.05, 0) is 67.4 Å². The molecule has 142 valence electrons. The highest BCUT2D eigenvalue weighted by Crippen LogP contribution is 2.54. The normalized spacial score (nSPS) is 20.9. The zero-order valence-corrected chi connectivity index (χ0v) is 16.4. The van der Waals surface area contributed by atoms with Crippen molar-refractivity contribution in [3.05, 3.63) is 64.2 Å². The Hall–Kier alpha value is -2.66. The van der Waals surface area contributed by atoms with Crippen LogP contribution in [0.25, 0.3) is 15.8 Å². The molecular formula is C23H22N2O2S. The number of carboxylic acid groups (broad SMARTS) is 1. The number of aliphatic carboxylic acids is 1. The minimum atomic E-state index is -0.657. The second-order valence-electron chi connectivity index (χ2n) is 7.86. The number of carbonyl (C=O) groups is 1. The minimum absolute atomic E-state index is 0.553. The van der Waals surface area contributed by atoms with Gasteiger partial charge < -0.3 is 10.8 Å². The van der Waals surface area contributed by atoms with Gasteiger partial charge in [0.25, 0.3) is 0 Å². The van der Waals surface area contributed by atoms with Gasteiger partial charge in [0.1, 0.15) is 4.83 Å². The van der Waals surface area contributed by atoms with Gasteiger partial charge in [0.05, 0.1) is 16.0 Å². The predicted octanol–water partition coefficient (Wildman–Crippen LogP) is 5.49. The van der Waals surface area contributed by atoms with Crippen LogP contribution in [0.2, 0.25) is 0 Å². The summed E-state index contributed by atoms with van der Waals surface area (Å²) < 4.78 is 0. The number of hydrogen-bond acceptors (Lipinski definition) is 4. The summed E-state index contributed by atoms with van der Waals surface area (Å²) in [5.74, 6) is -0.657. The number of fused-ring (bicyclic) bond motifs is 1. The van der Waals surface area contributed by atoms with E-state index in [-0.39, 0.29) is 0 Å². The van der Waals surface area contributed by atoms with Gasteiger partial charge in [-0.15, -0.1) is 11.3 Å². The van der Waals surface area contributed by atoms with E-state index in [1.165, 1.54) is 16.7 Å². The lowest BCUT2D eigenvalue weighted by Gasteiger charge is -2.22. The molecule has 2 heterocycles. The first-order chi connectivity index (χ1) is 13.6. The molecule has 3 N–H and O–H groups in total. The fourth-order valence-corrected chi connectivity index (χ4v) is 5.50. The molecule has 2 aromatic heterocycles. The van der Waals surface area contributed by atoms with Crippen molar-refractivity contribution in [3.8, 4) is 0 Å². The highest BCUT2D eigenvalue weighted by molar-refractivity contribution is 7.20. The lowest BCUT2D eigenvalue weighted by atomic mass is 9.82. The minimum Gasteiger partial charge on any atom is -0.481 e. The summed E-state index contributed by atoms with van der Waals surface area (Å²) in [6.07, 6.45) is 15.8. The first-order valence-corrected chi connectivity index (χ1v) is 10.6. The Kier molecular flexibility index (Phi) is 4.02. The van der Waals surface area contributed by atoms with Crippen molar-refractivity contribution in [1.82, 2.24) is 4.98 Å². The molecule has 28 heavy (non-hydrogen) atoms. The van der Waals surface area contributed by atoms with Gasteiger partial charge in [0.15, 0.2) is 0 Å². The van der Waals surface area contributed by atoms with Crippen molar-refractivity contribution in [3.63, 3.8) is 0 Å². The monoisotopic (exact) mass is 390 g/mol. The molecule has 5 heteroatoms. The van der Waals surface area contributed by atoms with Gasteiger partial charge in [-0.2, -0.15) is 0 Å². The number of aromatic nitrogens is 1. The van der Waals surface area contributed by atoms with Gasteiger partial charge in [0, 0.05) is 11.6 Å². The number of anilines is 1. The van der Waals surface area contributed by atoms with E-state index in [9.17, 15) is 9.90 Å². The standard InChI is InChI=1S/C23H22N2O2S/c24-19-18-2-1-13-25-21(18)28-20(19)16-5-3-14(4-6-16)15-7-9-17(10-8-15)23(11-12-23)22(26)27/h1-3,5,7,9,13H,4,6,8,10-12,24H2,(H,26,27). The summed E-state index contributed by atoms with van der Waals surface area (Å²) in [6, 6.07) is 3.96. The Bertz CT molecular complexity index is 1110. The van der Waals surface area contributed by atoms with Crippen molar-refractivity contribution >= 4 is 38.8 Å². The molecule has 0 unspecified atom stereocenters. The zero-order chi connectivity index (χ0) is 19.3. The Morgan fingerprint density at radius 1 is 1.04 bits per heavy atom. The van der Waals surface area contributed by atoms with Gasteiger partial charge >= 0.3 is 5.97 Å². The molecule has 3 aliphatic carbocycles. The molecule has 2 aromatic rings. The van der Waals surface area contributed by atoms with Crippen molar-refractivity contribution < 1.29 is 9.90 Å². The first kappa shape index (κ1) is 17.4. The number of thiophene rings is 1. The lowest BCUT2D eigenvalue weighted by Crippen LogP contribution is -2.18. The van der Waals surface area contributed by atoms with E-state index < -0.39 is 11.4 Å². The number of nitrogens with two attached hydrogens (primary N) is 1. The maximum absolute atomic E-state index is 11.5. The average molecular weight is 391 g/mol. The zero-order valence-electron chi connectivity index (χ0n) is 15.6. The SMILES string of the molecule is Nc1c(C2=CC=C(C3=CC=C(C4(C(=O)O)CC4)CC3)CC2)sc2ncccc12. The van der Waals surface area contributed by atoms with E-state index in [4.69, 9.17) is 5.73 Å². The first-order valence-electron chi connectivity index (χ1n) is 9.75. The van der Waals surface area contributed by atoms with Crippen LogP contribution >= 0.6 is 11.3 Å². The van der Waals surface area contributed by atoms with Crippen molar-refractivity contribution in [1.29, 1.82) is 0 Å². The summed E-state index contributed by atoms with van der Waals surface area (Å²) in [4.78, 5) is 18.1. The van der Waals surface area contributed by atoms with E-state index in [1.54, 1.807) is 11.3 Å². The van der Waals surface area contributed by atoms with Crippen LogP contribution in [0.15, 0.2) is 59.4 Å². The van der Waals surface area contributed by atoms with E-state index in [1.807, 2.05) is 18.3 Å². The van der Waals surface area contributed by atoms with Gasteiger partial charge in [0.2, 0.25) is 0 Å². The van der Waals surface area contributed by atoms with Gasteiger partial charge in [-0.1, -0.05) is 29.9 Å². The Morgan fingerprint density at radius 3 is 2.29 bits per heavy atom. The number of rotatable bonds is 4. The quantitative estimate of drug-likeness (QED) is 0.723. The molecule has 0 amide bonds. The maximum Gasteiger partial charge on any atom is 0.313 e. The number of nitrogens with zero attached hydrogens (tertiary/aromatic N) is 1. The summed E-state index contributed by atoms with van der Waals surface area (Å²) in [6.45, 7) is 0. The van der Waals surface area contributed by atoms with E-state index >= 15 is 0 Å². The third-order valence-electron chi connectivity index (χ3n) is 6.28. The summed E-state index contributed by atoms with van der Waals surface area (Å²) >= 11 is 1.67. The fraction of sp³-hybridized carbons (Fsp3) is 0.304. The van der Waals surface area contributed by atoms with Crippen LogP contribution in [-0.2, 0) is 4.79 Å². The molecule has 0 saturated heterocycles. The molecule has 1 saturated carbocycles. The van der Waals surface area contributed by atoms with E-state index in [2.05, 4.69) is 29.3 Å². The molecule has 0 spiro atoms. The third kappa shape index (κ3) is 2.73. The topological polar surface area (TPSA) is 76.2 Å². The molecular weight excluding hydrogens is 368 g/mol. The number of carboxylic acids is 1. The second-order valence-corrected chi connectivity index (χ2v) is 8.85. The predicted molar refractivity (Wildman–Crippen MR) is 114 cm³/mol. The van der Waals surface area contributed by atoms with Gasteiger partial charge in [-0.25, -0.2) is 4.98 Å². The summed E-state index contributed by atoms with van der Waals surface area (Å²) in [5.41, 5.74) is 11.7. The number of allylic oxidation sites excluding steroid dienone is 7. The maximum atomic E-state index is 11.5. The summed E-state index contributed by atoms with van der Waals surface area (Å²) in [7, 11) is 0. The van der Waals surface area contributed by atoms with Crippen LogP contribution in [0.1, 0.15) is 43.4 Å². The van der Waals surface area contributed by atoms with Crippen molar-refractivity contribution in [2.24, 2.45) is 5.41 Å². The van der Waals surface area contributed by atoms with Crippen LogP contribution < -0.4 is 5.73 Å². The molecule has 3 aliphatic rings. The average Bonchev–Trinajstić information content (AvgIpc) is 3.48. The van der Waals surface area contributed by atoms with Crippen LogP contribution in [-0.4, -0.2) is 16.1 Å². The smallest absolute Gasteiger partial charge is 0.313 e. The molecule has 0 aromatic carbocycles. The van der Waals surface area contributed by atoms with Crippen LogP contribution in [0, 0.1) is 5.41 Å². The van der Waals surface area contributed by atoms with E-state index in [0.29, 0.717) is 0 Å². The number of nitrogen functional groups attached to an aromatic ring is 1. The largest absolute Gasteiger partial charge is 0.481 e. The molecule has 0 bridgehead atoms.